The van der Waals surface area contributed by atoms with Gasteiger partial charge in [0.2, 0.25) is 11.8 Å². The molecule has 0 saturated heterocycles. The Morgan fingerprint density at radius 2 is 2.08 bits per heavy atom. The Balaban J connectivity index is 1.65. The predicted octanol–water partition coefficient (Wildman–Crippen LogP) is 2.55. The Bertz CT molecular complexity index is 957. The minimum Gasteiger partial charge on any atom is -0.347 e. The van der Waals surface area contributed by atoms with Crippen LogP contribution >= 0.6 is 0 Å². The molecule has 1 aliphatic heterocycles. The van der Waals surface area contributed by atoms with Gasteiger partial charge in [0, 0.05) is 18.7 Å². The third kappa shape index (κ3) is 3.04. The first-order chi connectivity index (χ1) is 12.6. The van der Waals surface area contributed by atoms with Gasteiger partial charge in [0.25, 0.3) is 0 Å². The molecule has 0 radical (unpaired) electrons. The molecule has 3 aromatic rings. The summed E-state index contributed by atoms with van der Waals surface area (Å²) in [7, 11) is 0. The third-order valence-corrected chi connectivity index (χ3v) is 4.12. The summed E-state index contributed by atoms with van der Waals surface area (Å²) in [6.45, 7) is 1.01. The molecule has 1 aliphatic rings. The van der Waals surface area contributed by atoms with Crippen LogP contribution in [-0.2, 0) is 13.0 Å². The van der Waals surface area contributed by atoms with Crippen LogP contribution in [0, 0.1) is 15.9 Å². The van der Waals surface area contributed by atoms with Crippen molar-refractivity contribution in [1.82, 2.24) is 19.9 Å². The van der Waals surface area contributed by atoms with Crippen LogP contribution in [-0.4, -0.2) is 31.4 Å². The van der Waals surface area contributed by atoms with E-state index in [4.69, 9.17) is 0 Å². The predicted molar refractivity (Wildman–Crippen MR) is 91.7 cm³/mol. The molecule has 0 fully saturated rings. The summed E-state index contributed by atoms with van der Waals surface area (Å²) < 4.78 is 13.0. The zero-order valence-electron chi connectivity index (χ0n) is 13.5. The highest BCUT2D eigenvalue weighted by atomic mass is 19.1. The van der Waals surface area contributed by atoms with Gasteiger partial charge in [-0.3, -0.25) is 10.1 Å². The first-order valence-electron chi connectivity index (χ1n) is 7.90. The van der Waals surface area contributed by atoms with E-state index in [1.165, 1.54) is 30.5 Å². The number of nitro groups is 1. The van der Waals surface area contributed by atoms with Gasteiger partial charge < -0.3 is 15.2 Å². The highest BCUT2D eigenvalue weighted by Crippen LogP contribution is 2.30. The van der Waals surface area contributed by atoms with Crippen LogP contribution in [0.25, 0.3) is 0 Å². The first kappa shape index (κ1) is 15.9. The van der Waals surface area contributed by atoms with Crippen LogP contribution in [0.2, 0.25) is 0 Å². The minimum absolute atomic E-state index is 0.169. The van der Waals surface area contributed by atoms with Crippen molar-refractivity contribution >= 4 is 23.1 Å². The Morgan fingerprint density at radius 1 is 1.27 bits per heavy atom. The number of imidazole rings is 1. The SMILES string of the molecule is O=[N+]([O-])c1cnc(Nc2ccc(F)cc2)nc1N1CCc2nc[nH]c2C1. The molecule has 10 heteroatoms. The maximum atomic E-state index is 13.0. The molecule has 3 heterocycles. The summed E-state index contributed by atoms with van der Waals surface area (Å²) in [5.41, 5.74) is 2.29. The molecule has 4 rings (SSSR count). The Hall–Kier alpha value is -3.56. The lowest BCUT2D eigenvalue weighted by Gasteiger charge is -2.26. The average molecular weight is 355 g/mol. The molecule has 0 unspecified atom stereocenters. The second-order valence-electron chi connectivity index (χ2n) is 5.79. The minimum atomic E-state index is -0.501. The van der Waals surface area contributed by atoms with Gasteiger partial charge in [-0.05, 0) is 24.3 Å². The number of aromatic nitrogens is 4. The molecule has 0 bridgehead atoms. The van der Waals surface area contributed by atoms with Crippen molar-refractivity contribution in [2.45, 2.75) is 13.0 Å². The maximum Gasteiger partial charge on any atom is 0.329 e. The Morgan fingerprint density at radius 3 is 2.85 bits per heavy atom. The average Bonchev–Trinajstić information content (AvgIpc) is 3.11. The second-order valence-corrected chi connectivity index (χ2v) is 5.79. The number of nitrogens with one attached hydrogen (secondary N) is 2. The number of hydrogen-bond donors (Lipinski definition) is 2. The molecule has 0 amide bonds. The molecule has 0 saturated carbocycles. The van der Waals surface area contributed by atoms with Crippen LogP contribution in [0.4, 0.5) is 27.5 Å². The quantitative estimate of drug-likeness (QED) is 0.546. The van der Waals surface area contributed by atoms with E-state index in [1.54, 1.807) is 6.33 Å². The van der Waals surface area contributed by atoms with Gasteiger partial charge in [-0.2, -0.15) is 4.98 Å². The maximum absolute atomic E-state index is 13.0. The molecular formula is C16H14FN7O2. The smallest absolute Gasteiger partial charge is 0.329 e. The summed E-state index contributed by atoms with van der Waals surface area (Å²) >= 11 is 0. The summed E-state index contributed by atoms with van der Waals surface area (Å²) in [4.78, 5) is 28.3. The standard InChI is InChI=1S/C16H14FN7O2/c17-10-1-3-11(4-2-10)21-16-18-7-14(24(25)26)15(22-16)23-6-5-12-13(8-23)20-9-19-12/h1-4,7,9H,5-6,8H2,(H,19,20)(H,18,21,22). The van der Waals surface area contributed by atoms with Gasteiger partial charge in [-0.25, -0.2) is 14.4 Å². The summed E-state index contributed by atoms with van der Waals surface area (Å²) in [5.74, 6) is 0.0759. The Kier molecular flexibility index (Phi) is 3.92. The van der Waals surface area contributed by atoms with Gasteiger partial charge >= 0.3 is 5.69 Å². The lowest BCUT2D eigenvalue weighted by molar-refractivity contribution is -0.384. The van der Waals surface area contributed by atoms with E-state index < -0.39 is 4.92 Å². The molecule has 0 aliphatic carbocycles. The third-order valence-electron chi connectivity index (χ3n) is 4.12. The number of hydrogen-bond acceptors (Lipinski definition) is 7. The van der Waals surface area contributed by atoms with Gasteiger partial charge in [0.15, 0.2) is 0 Å². The first-order valence-corrected chi connectivity index (χ1v) is 7.90. The zero-order valence-corrected chi connectivity index (χ0v) is 13.5. The molecule has 2 aromatic heterocycles. The number of benzene rings is 1. The number of rotatable bonds is 4. The molecule has 1 aromatic carbocycles. The van der Waals surface area contributed by atoms with Crippen molar-refractivity contribution in [3.63, 3.8) is 0 Å². The number of H-pyrrole nitrogens is 1. The summed E-state index contributed by atoms with van der Waals surface area (Å²) in [6.07, 6.45) is 3.46. The molecular weight excluding hydrogens is 341 g/mol. The number of nitrogens with zero attached hydrogens (tertiary/aromatic N) is 5. The Labute approximate surface area is 147 Å². The van der Waals surface area contributed by atoms with Crippen molar-refractivity contribution < 1.29 is 9.31 Å². The van der Waals surface area contributed by atoms with E-state index in [9.17, 15) is 14.5 Å². The van der Waals surface area contributed by atoms with Crippen LogP contribution in [0.15, 0.2) is 36.8 Å². The monoisotopic (exact) mass is 355 g/mol. The fourth-order valence-corrected chi connectivity index (χ4v) is 2.84. The molecule has 2 N–H and O–H groups in total. The number of fused-ring (bicyclic) bond motifs is 1. The van der Waals surface area contributed by atoms with E-state index in [0.29, 0.717) is 25.2 Å². The van der Waals surface area contributed by atoms with Crippen molar-refractivity contribution in [3.8, 4) is 0 Å². The van der Waals surface area contributed by atoms with E-state index in [0.717, 1.165) is 11.4 Å². The highest BCUT2D eigenvalue weighted by molar-refractivity contribution is 5.62. The van der Waals surface area contributed by atoms with Gasteiger partial charge in [0.1, 0.15) is 12.0 Å². The van der Waals surface area contributed by atoms with Gasteiger partial charge in [-0.1, -0.05) is 0 Å². The van der Waals surface area contributed by atoms with Crippen molar-refractivity contribution in [2.24, 2.45) is 0 Å². The molecule has 26 heavy (non-hydrogen) atoms. The fourth-order valence-electron chi connectivity index (χ4n) is 2.84. The van der Waals surface area contributed by atoms with Crippen LogP contribution < -0.4 is 10.2 Å². The number of anilines is 3. The van der Waals surface area contributed by atoms with Crippen LogP contribution in [0.3, 0.4) is 0 Å². The number of halogens is 1. The lowest BCUT2D eigenvalue weighted by atomic mass is 10.1. The van der Waals surface area contributed by atoms with E-state index >= 15 is 0 Å². The molecule has 0 atom stereocenters. The number of aromatic amines is 1. The van der Waals surface area contributed by atoms with E-state index in [-0.39, 0.29) is 23.3 Å². The lowest BCUT2D eigenvalue weighted by Crippen LogP contribution is -2.32. The topological polar surface area (TPSA) is 113 Å². The molecule has 0 spiro atoms. The van der Waals surface area contributed by atoms with Gasteiger partial charge in [-0.15, -0.1) is 0 Å². The summed E-state index contributed by atoms with van der Waals surface area (Å²) in [6, 6.07) is 5.69. The molecule has 132 valence electrons. The van der Waals surface area contributed by atoms with Crippen molar-refractivity contribution in [3.05, 3.63) is 64.1 Å². The van der Waals surface area contributed by atoms with E-state index in [1.807, 2.05) is 4.90 Å². The van der Waals surface area contributed by atoms with Crippen molar-refractivity contribution in [1.29, 1.82) is 0 Å². The van der Waals surface area contributed by atoms with Crippen LogP contribution in [0.1, 0.15) is 11.4 Å². The second kappa shape index (κ2) is 6.39. The highest BCUT2D eigenvalue weighted by Gasteiger charge is 2.27. The van der Waals surface area contributed by atoms with E-state index in [2.05, 4.69) is 25.3 Å². The van der Waals surface area contributed by atoms with Crippen LogP contribution in [0.5, 0.6) is 0 Å². The normalized spacial score (nSPS) is 13.3. The van der Waals surface area contributed by atoms with Crippen molar-refractivity contribution in [2.75, 3.05) is 16.8 Å². The summed E-state index contributed by atoms with van der Waals surface area (Å²) in [5, 5.41) is 14.3. The fraction of sp³-hybridized carbons (Fsp3) is 0.188. The van der Waals surface area contributed by atoms with Gasteiger partial charge in [0.05, 0.1) is 29.2 Å². The molecule has 9 nitrogen and oxygen atoms in total. The largest absolute Gasteiger partial charge is 0.347 e. The zero-order chi connectivity index (χ0) is 18.1.